The number of nitrogens with one attached hydrogen (secondary N) is 1. The van der Waals surface area contributed by atoms with Gasteiger partial charge in [0.05, 0.1) is 13.2 Å². The molecule has 0 bridgehead atoms. The van der Waals surface area contributed by atoms with Gasteiger partial charge in [0.25, 0.3) is 0 Å². The Morgan fingerprint density at radius 3 is 2.16 bits per heavy atom. The quantitative estimate of drug-likeness (QED) is 0.897. The highest BCUT2D eigenvalue weighted by molar-refractivity contribution is 5.45. The minimum Gasteiger partial charge on any atom is -0.379 e. The van der Waals surface area contributed by atoms with Crippen LogP contribution in [0.5, 0.6) is 0 Å². The van der Waals surface area contributed by atoms with Gasteiger partial charge in [0, 0.05) is 12.0 Å². The first-order valence-electron chi connectivity index (χ1n) is 7.35. The Balaban J connectivity index is 2.06. The molecule has 1 aromatic carbocycles. The molecule has 1 heterocycles. The third-order valence-electron chi connectivity index (χ3n) is 5.44. The first kappa shape index (κ1) is 13.1. The summed E-state index contributed by atoms with van der Waals surface area (Å²) in [5.41, 5.74) is 6.48. The molecule has 1 N–H and O–H groups in total. The van der Waals surface area contributed by atoms with Crippen LogP contribution in [-0.4, -0.2) is 26.8 Å². The lowest BCUT2D eigenvalue weighted by molar-refractivity contribution is -0.0989. The summed E-state index contributed by atoms with van der Waals surface area (Å²) in [7, 11) is 2.07. The van der Waals surface area contributed by atoms with Crippen LogP contribution >= 0.6 is 0 Å². The fourth-order valence-corrected chi connectivity index (χ4v) is 3.84. The number of ether oxygens (including phenoxy) is 1. The second kappa shape index (κ2) is 4.32. The van der Waals surface area contributed by atoms with Crippen molar-refractivity contribution in [3.05, 3.63) is 34.4 Å². The second-order valence-electron chi connectivity index (χ2n) is 6.64. The minimum absolute atomic E-state index is 0.262. The fourth-order valence-electron chi connectivity index (χ4n) is 3.84. The summed E-state index contributed by atoms with van der Waals surface area (Å²) < 4.78 is 5.66. The van der Waals surface area contributed by atoms with E-state index in [1.807, 2.05) is 0 Å². The molecule has 0 radical (unpaired) electrons. The number of aryl methyl sites for hydroxylation is 3. The molecule has 1 aliphatic carbocycles. The number of hydrogen-bond donors (Lipinski definition) is 1. The smallest absolute Gasteiger partial charge is 0.0591 e. The largest absolute Gasteiger partial charge is 0.379 e. The predicted molar refractivity (Wildman–Crippen MR) is 78.7 cm³/mol. The molecular weight excluding hydrogens is 234 g/mol. The molecule has 0 unspecified atom stereocenters. The first-order chi connectivity index (χ1) is 9.05. The Bertz CT molecular complexity index is 498. The van der Waals surface area contributed by atoms with Crippen LogP contribution in [0.1, 0.15) is 35.1 Å². The maximum Gasteiger partial charge on any atom is 0.0591 e. The van der Waals surface area contributed by atoms with Gasteiger partial charge in [-0.2, -0.15) is 0 Å². The van der Waals surface area contributed by atoms with Gasteiger partial charge < -0.3 is 10.1 Å². The Labute approximate surface area is 116 Å². The lowest BCUT2D eigenvalue weighted by Crippen LogP contribution is -2.56. The third-order valence-corrected chi connectivity index (χ3v) is 5.44. The first-order valence-corrected chi connectivity index (χ1v) is 7.35. The summed E-state index contributed by atoms with van der Waals surface area (Å²) in [5, 5.41) is 3.40. The molecule has 1 saturated heterocycles. The van der Waals surface area contributed by atoms with E-state index in [-0.39, 0.29) is 5.41 Å². The number of rotatable bonds is 4. The average Bonchev–Trinajstić information content (AvgIpc) is 3.05. The molecule has 2 aliphatic rings. The lowest BCUT2D eigenvalue weighted by Gasteiger charge is -2.49. The second-order valence-corrected chi connectivity index (χ2v) is 6.64. The zero-order valence-electron chi connectivity index (χ0n) is 12.6. The lowest BCUT2D eigenvalue weighted by atomic mass is 9.64. The van der Waals surface area contributed by atoms with Crippen molar-refractivity contribution in [2.75, 3.05) is 26.8 Å². The zero-order valence-corrected chi connectivity index (χ0v) is 12.6. The van der Waals surface area contributed by atoms with Gasteiger partial charge in [-0.05, 0) is 68.3 Å². The van der Waals surface area contributed by atoms with Crippen LogP contribution in [0.2, 0.25) is 0 Å². The highest BCUT2D eigenvalue weighted by Crippen LogP contribution is 2.62. The molecule has 2 nitrogen and oxygen atoms in total. The molecule has 2 fully saturated rings. The highest BCUT2D eigenvalue weighted by Gasteiger charge is 2.63. The molecule has 3 rings (SSSR count). The van der Waals surface area contributed by atoms with Crippen LogP contribution in [0.25, 0.3) is 0 Å². The standard InChI is InChI=1S/C17H25NO/c1-12-7-14(3)15(8-13(12)2)17(10-19-11-17)16(5-6-16)9-18-4/h7-8,18H,5-6,9-11H2,1-4H3. The molecule has 0 aromatic heterocycles. The fraction of sp³-hybridized carbons (Fsp3) is 0.647. The Kier molecular flexibility index (Phi) is 2.99. The molecule has 104 valence electrons. The van der Waals surface area contributed by atoms with Crippen LogP contribution in [0.15, 0.2) is 12.1 Å². The van der Waals surface area contributed by atoms with Gasteiger partial charge >= 0.3 is 0 Å². The predicted octanol–water partition coefficient (Wildman–Crippen LogP) is 2.88. The van der Waals surface area contributed by atoms with Crippen LogP contribution in [0, 0.1) is 26.2 Å². The SMILES string of the molecule is CNCC1(C2(c3cc(C)c(C)cc3C)COC2)CC1. The maximum atomic E-state index is 5.66. The van der Waals surface area contributed by atoms with Crippen LogP contribution < -0.4 is 5.32 Å². The Hall–Kier alpha value is -0.860. The van der Waals surface area contributed by atoms with E-state index in [1.165, 1.54) is 35.1 Å². The molecule has 0 amide bonds. The van der Waals surface area contributed by atoms with Crippen molar-refractivity contribution < 1.29 is 4.74 Å². The van der Waals surface area contributed by atoms with Gasteiger partial charge in [-0.15, -0.1) is 0 Å². The van der Waals surface area contributed by atoms with Gasteiger partial charge in [0.2, 0.25) is 0 Å². The van der Waals surface area contributed by atoms with Gasteiger partial charge in [0.15, 0.2) is 0 Å². The number of hydrogen-bond acceptors (Lipinski definition) is 2. The Morgan fingerprint density at radius 2 is 1.68 bits per heavy atom. The monoisotopic (exact) mass is 259 g/mol. The summed E-state index contributed by atoms with van der Waals surface area (Å²) >= 11 is 0. The average molecular weight is 259 g/mol. The van der Waals surface area contributed by atoms with E-state index < -0.39 is 0 Å². The normalized spacial score (nSPS) is 22.9. The van der Waals surface area contributed by atoms with E-state index in [1.54, 1.807) is 0 Å². The molecule has 1 aromatic rings. The van der Waals surface area contributed by atoms with E-state index in [2.05, 4.69) is 45.3 Å². The zero-order chi connectivity index (χ0) is 13.7. The van der Waals surface area contributed by atoms with Crippen molar-refractivity contribution in [3.8, 4) is 0 Å². The van der Waals surface area contributed by atoms with Gasteiger partial charge in [-0.3, -0.25) is 0 Å². The summed E-state index contributed by atoms with van der Waals surface area (Å²) in [5.74, 6) is 0. The van der Waals surface area contributed by atoms with Crippen molar-refractivity contribution >= 4 is 0 Å². The summed E-state index contributed by atoms with van der Waals surface area (Å²) in [4.78, 5) is 0. The van der Waals surface area contributed by atoms with Crippen molar-refractivity contribution in [2.24, 2.45) is 5.41 Å². The molecule has 0 spiro atoms. The molecule has 19 heavy (non-hydrogen) atoms. The molecule has 1 saturated carbocycles. The molecule has 0 atom stereocenters. The Morgan fingerprint density at radius 1 is 1.05 bits per heavy atom. The highest BCUT2D eigenvalue weighted by atomic mass is 16.5. The van der Waals surface area contributed by atoms with E-state index >= 15 is 0 Å². The van der Waals surface area contributed by atoms with Crippen molar-refractivity contribution in [1.29, 1.82) is 0 Å². The van der Waals surface area contributed by atoms with Crippen LogP contribution in [-0.2, 0) is 10.2 Å². The van der Waals surface area contributed by atoms with E-state index in [4.69, 9.17) is 4.74 Å². The van der Waals surface area contributed by atoms with Gasteiger partial charge in [0.1, 0.15) is 0 Å². The summed E-state index contributed by atoms with van der Waals surface area (Å²) in [6, 6.07) is 4.77. The van der Waals surface area contributed by atoms with E-state index in [0.717, 1.165) is 19.8 Å². The summed E-state index contributed by atoms with van der Waals surface area (Å²) in [6.45, 7) is 9.61. The van der Waals surface area contributed by atoms with Crippen molar-refractivity contribution in [2.45, 2.75) is 39.0 Å². The topological polar surface area (TPSA) is 21.3 Å². The van der Waals surface area contributed by atoms with Gasteiger partial charge in [-0.1, -0.05) is 12.1 Å². The summed E-state index contributed by atoms with van der Waals surface area (Å²) in [6.07, 6.45) is 2.67. The minimum atomic E-state index is 0.262. The van der Waals surface area contributed by atoms with Crippen LogP contribution in [0.4, 0.5) is 0 Å². The maximum absolute atomic E-state index is 5.66. The molecule has 1 aliphatic heterocycles. The van der Waals surface area contributed by atoms with E-state index in [0.29, 0.717) is 5.41 Å². The van der Waals surface area contributed by atoms with Crippen molar-refractivity contribution in [3.63, 3.8) is 0 Å². The van der Waals surface area contributed by atoms with Crippen molar-refractivity contribution in [1.82, 2.24) is 5.32 Å². The van der Waals surface area contributed by atoms with Gasteiger partial charge in [-0.25, -0.2) is 0 Å². The number of benzene rings is 1. The third kappa shape index (κ3) is 1.77. The van der Waals surface area contributed by atoms with Crippen LogP contribution in [0.3, 0.4) is 0 Å². The van der Waals surface area contributed by atoms with E-state index in [9.17, 15) is 0 Å². The molecule has 2 heteroatoms. The molecular formula is C17H25NO.